The second-order valence-electron chi connectivity index (χ2n) is 20.6. The van der Waals surface area contributed by atoms with Crippen LogP contribution in [0, 0.1) is 35.5 Å². The number of esters is 1. The van der Waals surface area contributed by atoms with Gasteiger partial charge in [0, 0.05) is 44.7 Å². The van der Waals surface area contributed by atoms with E-state index in [0.717, 1.165) is 31.3 Å². The fourth-order valence-corrected chi connectivity index (χ4v) is 10.8. The normalized spacial score (nSPS) is 39.1. The van der Waals surface area contributed by atoms with Gasteiger partial charge in [0.1, 0.15) is 24.4 Å². The van der Waals surface area contributed by atoms with Gasteiger partial charge in [0.25, 0.3) is 11.7 Å². The first kappa shape index (κ1) is 54.9. The number of nitrogens with one attached hydrogen (secondary N) is 1. The number of fused-ring (bicyclic) bond motifs is 3. The second kappa shape index (κ2) is 25.7. The van der Waals surface area contributed by atoms with Crippen LogP contribution in [0.15, 0.2) is 64.4 Å². The number of carbonyl (C=O) groups excluding carboxylic acids is 4. The van der Waals surface area contributed by atoms with Gasteiger partial charge in [-0.3, -0.25) is 14.4 Å². The predicted molar refractivity (Wildman–Crippen MR) is 260 cm³/mol. The summed E-state index contributed by atoms with van der Waals surface area (Å²) in [6.45, 7) is 13.7. The first-order valence-corrected chi connectivity index (χ1v) is 25.2. The van der Waals surface area contributed by atoms with E-state index >= 15 is 0 Å². The highest BCUT2D eigenvalue weighted by Gasteiger charge is 2.53. The summed E-state index contributed by atoms with van der Waals surface area (Å²) in [7, 11) is 3.18. The van der Waals surface area contributed by atoms with Gasteiger partial charge in [-0.05, 0) is 127 Å². The fourth-order valence-electron chi connectivity index (χ4n) is 10.8. The maximum atomic E-state index is 14.5. The number of aromatic nitrogens is 1. The van der Waals surface area contributed by atoms with E-state index in [1.165, 1.54) is 18.2 Å². The van der Waals surface area contributed by atoms with E-state index in [2.05, 4.69) is 24.3 Å². The van der Waals surface area contributed by atoms with Gasteiger partial charge >= 0.3 is 5.97 Å². The van der Waals surface area contributed by atoms with Crippen LogP contribution in [-0.4, -0.2) is 119 Å². The lowest BCUT2D eigenvalue weighted by Gasteiger charge is -2.43. The van der Waals surface area contributed by atoms with Crippen LogP contribution >= 0.6 is 0 Å². The van der Waals surface area contributed by atoms with Crippen molar-refractivity contribution in [3.63, 3.8) is 0 Å². The minimum Gasteiger partial charge on any atom is -0.461 e. The molecule has 380 valence electrons. The number of ether oxygens (including phenoxy) is 4. The summed E-state index contributed by atoms with van der Waals surface area (Å²) in [5.74, 6) is -5.21. The Kier molecular flexibility index (Phi) is 20.8. The van der Waals surface area contributed by atoms with Crippen LogP contribution in [0.1, 0.15) is 132 Å². The SMILES string of the molecule is COC1CC(C[C@@H](C)[C@@H]2CC[C@H](N)/C=C(\C)C(O)[C@@H](OC)C(=O)C(C)C[C@H](C)/C=C/C=C/C=C(\C)[C@H](Nc3ccno3)CC3CCC(C)C(O)(O3)C(=O)C(=O)N3CCCCC3C(=O)O2)CC[C@H]1C. The van der Waals surface area contributed by atoms with Gasteiger partial charge in [0.2, 0.25) is 11.7 Å². The molecule has 0 aromatic carbocycles. The van der Waals surface area contributed by atoms with E-state index in [4.69, 9.17) is 29.2 Å². The number of aliphatic hydroxyl groups excluding tert-OH is 1. The number of aliphatic hydroxyl groups is 2. The van der Waals surface area contributed by atoms with Crippen molar-refractivity contribution < 1.29 is 52.9 Å². The van der Waals surface area contributed by atoms with E-state index < -0.39 is 71.8 Å². The second-order valence-corrected chi connectivity index (χ2v) is 20.6. The zero-order chi connectivity index (χ0) is 49.7. The molecule has 5 rings (SSSR count). The zero-order valence-electron chi connectivity index (χ0n) is 42.1. The number of ketones is 2. The summed E-state index contributed by atoms with van der Waals surface area (Å²) >= 11 is 0. The number of hydrogen-bond donors (Lipinski definition) is 4. The van der Waals surface area contributed by atoms with Crippen LogP contribution in [0.5, 0.6) is 0 Å². The lowest BCUT2D eigenvalue weighted by atomic mass is 9.76. The summed E-state index contributed by atoms with van der Waals surface area (Å²) in [5.41, 5.74) is 8.12. The smallest absolute Gasteiger partial charge is 0.329 e. The molecule has 4 heterocycles. The number of Topliss-reactive ketones (excluding diaryl/α,β-unsaturated/α-hetero) is 2. The molecule has 15 atom stereocenters. The van der Waals surface area contributed by atoms with Gasteiger partial charge in [-0.15, -0.1) is 0 Å². The predicted octanol–water partition coefficient (Wildman–Crippen LogP) is 7.42. The van der Waals surface area contributed by atoms with Crippen LogP contribution in [0.4, 0.5) is 5.88 Å². The summed E-state index contributed by atoms with van der Waals surface area (Å²) in [5, 5.41) is 30.8. The average molecular weight is 951 g/mol. The van der Waals surface area contributed by atoms with Crippen LogP contribution in [-0.2, 0) is 38.1 Å². The van der Waals surface area contributed by atoms with Crippen molar-refractivity contribution >= 4 is 29.3 Å². The third-order valence-corrected chi connectivity index (χ3v) is 15.2. The minimum atomic E-state index is -2.42. The number of anilines is 1. The average Bonchev–Trinajstić information content (AvgIpc) is 3.84. The van der Waals surface area contributed by atoms with E-state index in [0.29, 0.717) is 81.1 Å². The van der Waals surface area contributed by atoms with E-state index in [1.54, 1.807) is 33.1 Å². The van der Waals surface area contributed by atoms with Crippen LogP contribution < -0.4 is 11.1 Å². The number of allylic oxidation sites excluding steroid dienone is 5. The number of amides is 1. The molecule has 1 amide bonds. The number of cyclic esters (lactones) is 1. The third kappa shape index (κ3) is 14.5. The van der Waals surface area contributed by atoms with Gasteiger partial charge in [-0.1, -0.05) is 81.8 Å². The molecule has 1 aliphatic carbocycles. The Bertz CT molecular complexity index is 1930. The number of hydrogen-bond acceptors (Lipinski definition) is 14. The quantitative estimate of drug-likeness (QED) is 0.119. The lowest BCUT2D eigenvalue weighted by molar-refractivity contribution is -0.263. The van der Waals surface area contributed by atoms with Crippen molar-refractivity contribution in [2.75, 3.05) is 26.1 Å². The van der Waals surface area contributed by atoms with Crippen molar-refractivity contribution in [1.29, 1.82) is 0 Å². The Morgan fingerprint density at radius 1 is 0.926 bits per heavy atom. The summed E-state index contributed by atoms with van der Waals surface area (Å²) in [4.78, 5) is 58.2. The highest BCUT2D eigenvalue weighted by atomic mass is 16.6. The molecule has 3 aliphatic heterocycles. The molecule has 8 unspecified atom stereocenters. The van der Waals surface area contributed by atoms with Crippen molar-refractivity contribution in [2.24, 2.45) is 41.2 Å². The summed E-state index contributed by atoms with van der Waals surface area (Å²) < 4.78 is 29.6. The highest BCUT2D eigenvalue weighted by molar-refractivity contribution is 6.39. The lowest BCUT2D eigenvalue weighted by Crippen LogP contribution is -2.61. The molecular formula is C53H82N4O11. The molecule has 68 heavy (non-hydrogen) atoms. The molecule has 2 bridgehead atoms. The maximum absolute atomic E-state index is 14.5. The number of nitrogens with zero attached hydrogens (tertiary/aromatic N) is 2. The standard InChI is InChI=1S/C53H82N4O11/c1-32-15-11-10-12-16-33(2)42(56-46-24-25-55-68-46)31-41-22-19-38(7)53(63,67-41)50(60)51(61)57-26-14-13-17-43(57)52(62)66-44(35(4)28-39-20-18-34(3)45(30-39)64-8)23-21-40(54)29-37(6)48(59)49(65-9)47(58)36(5)27-32/h10-12,15-16,24-25,29,32,34-36,38-45,48-49,56,59,63H,13-14,17-23,26-28,30-31,54H2,1-9H3/b12-10+,15-11+,33-16+,37-29+/t32-,34-,35-,36?,38?,39?,40+,41?,42-,43?,44+,45?,48?,49+,53?/m1/s1. The summed E-state index contributed by atoms with van der Waals surface area (Å²) in [6.07, 6.45) is 17.5. The van der Waals surface area contributed by atoms with Gasteiger partial charge < -0.3 is 49.6 Å². The molecule has 3 fully saturated rings. The number of methoxy groups -OCH3 is 2. The minimum absolute atomic E-state index is 0.0349. The Morgan fingerprint density at radius 2 is 1.69 bits per heavy atom. The highest BCUT2D eigenvalue weighted by Crippen LogP contribution is 2.38. The third-order valence-electron chi connectivity index (χ3n) is 15.2. The molecule has 1 aromatic heterocycles. The van der Waals surface area contributed by atoms with Crippen LogP contribution in [0.3, 0.4) is 0 Å². The molecule has 2 saturated heterocycles. The van der Waals surface area contributed by atoms with E-state index in [9.17, 15) is 29.4 Å². The maximum Gasteiger partial charge on any atom is 0.329 e. The van der Waals surface area contributed by atoms with Crippen molar-refractivity contribution in [3.8, 4) is 0 Å². The Balaban J connectivity index is 1.46. The van der Waals surface area contributed by atoms with Crippen LogP contribution in [0.25, 0.3) is 0 Å². The van der Waals surface area contributed by atoms with Gasteiger partial charge in [-0.2, -0.15) is 0 Å². The number of rotatable bonds is 7. The van der Waals surface area contributed by atoms with E-state index in [1.807, 2.05) is 51.2 Å². The monoisotopic (exact) mass is 951 g/mol. The Labute approximate surface area is 404 Å². The summed E-state index contributed by atoms with van der Waals surface area (Å²) in [6, 6.07) is -0.265. The molecule has 0 radical (unpaired) electrons. The molecule has 1 aromatic rings. The largest absolute Gasteiger partial charge is 0.461 e. The molecular weight excluding hydrogens is 869 g/mol. The van der Waals surface area contributed by atoms with Crippen molar-refractivity contribution in [3.05, 3.63) is 59.9 Å². The number of piperidine rings is 1. The molecule has 5 N–H and O–H groups in total. The van der Waals surface area contributed by atoms with Crippen molar-refractivity contribution in [2.45, 2.75) is 186 Å². The first-order chi connectivity index (χ1) is 32.4. The number of nitrogens with two attached hydrogens (primary N) is 1. The number of carbonyl (C=O) groups is 4. The van der Waals surface area contributed by atoms with Gasteiger partial charge in [0.05, 0.1) is 24.4 Å². The van der Waals surface area contributed by atoms with Gasteiger partial charge in [-0.25, -0.2) is 4.79 Å². The van der Waals surface area contributed by atoms with Gasteiger partial charge in [0.15, 0.2) is 5.78 Å². The molecule has 15 heteroatoms. The Morgan fingerprint density at radius 3 is 2.40 bits per heavy atom. The van der Waals surface area contributed by atoms with E-state index in [-0.39, 0.29) is 36.3 Å². The Hall–Kier alpha value is -3.99. The fraction of sp³-hybridized carbons (Fsp3) is 0.717. The topological polar surface area (TPSA) is 213 Å². The first-order valence-electron chi connectivity index (χ1n) is 25.2. The molecule has 0 spiro atoms. The zero-order valence-corrected chi connectivity index (χ0v) is 42.1. The van der Waals surface area contributed by atoms with Crippen LogP contribution in [0.2, 0.25) is 0 Å². The molecule has 1 saturated carbocycles. The van der Waals surface area contributed by atoms with Crippen molar-refractivity contribution in [1.82, 2.24) is 10.1 Å². The molecule has 15 nitrogen and oxygen atoms in total. The molecule has 4 aliphatic rings.